The molecule has 5 nitrogen and oxygen atoms in total. The molecule has 3 aliphatic rings. The van der Waals surface area contributed by atoms with Crippen LogP contribution in [0.15, 0.2) is 16.1 Å². The van der Waals surface area contributed by atoms with E-state index in [0.717, 1.165) is 31.1 Å². The highest BCUT2D eigenvalue weighted by molar-refractivity contribution is 8.93. The summed E-state index contributed by atoms with van der Waals surface area (Å²) in [5.74, 6) is 0.504. The van der Waals surface area contributed by atoms with Gasteiger partial charge in [0.25, 0.3) is 0 Å². The Kier molecular flexibility index (Phi) is 4.21. The molecule has 18 heavy (non-hydrogen) atoms. The van der Waals surface area contributed by atoms with Gasteiger partial charge >= 0.3 is 6.09 Å². The lowest BCUT2D eigenvalue weighted by molar-refractivity contribution is 0.126. The Bertz CT molecular complexity index is 405. The van der Waals surface area contributed by atoms with Crippen LogP contribution in [0.2, 0.25) is 0 Å². The number of piperidine rings is 1. The van der Waals surface area contributed by atoms with E-state index in [1.165, 1.54) is 10.6 Å². The number of allylic oxidation sites excluding steroid dienone is 1. The zero-order valence-corrected chi connectivity index (χ0v) is 12.4. The number of carbonyl (C=O) groups is 1. The molecule has 1 fully saturated rings. The van der Waals surface area contributed by atoms with E-state index in [0.29, 0.717) is 19.0 Å². The molecule has 0 spiro atoms. The molecule has 0 aromatic rings. The van der Waals surface area contributed by atoms with Crippen LogP contribution < -0.4 is 0 Å². The van der Waals surface area contributed by atoms with E-state index in [1.807, 2.05) is 0 Å². The highest BCUT2D eigenvalue weighted by Gasteiger charge is 2.33. The quantitative estimate of drug-likeness (QED) is 0.799. The molecule has 3 aliphatic heterocycles. The SMILES string of the molecule is Br.O=C(O)N1CCC(C2=CSC3=NCCN23)CC1. The number of fused-ring (bicyclic) bond motifs is 1. The van der Waals surface area contributed by atoms with Gasteiger partial charge in [-0.1, -0.05) is 11.8 Å². The van der Waals surface area contributed by atoms with Gasteiger partial charge in [0, 0.05) is 31.2 Å². The summed E-state index contributed by atoms with van der Waals surface area (Å²) in [4.78, 5) is 19.1. The van der Waals surface area contributed by atoms with Crippen molar-refractivity contribution in [2.75, 3.05) is 26.2 Å². The van der Waals surface area contributed by atoms with E-state index >= 15 is 0 Å². The van der Waals surface area contributed by atoms with Gasteiger partial charge in [0.2, 0.25) is 0 Å². The van der Waals surface area contributed by atoms with E-state index in [4.69, 9.17) is 5.11 Å². The van der Waals surface area contributed by atoms with Crippen LogP contribution in [0.25, 0.3) is 0 Å². The van der Waals surface area contributed by atoms with Crippen LogP contribution in [0.3, 0.4) is 0 Å². The fraction of sp³-hybridized carbons (Fsp3) is 0.636. The van der Waals surface area contributed by atoms with Crippen LogP contribution in [0, 0.1) is 5.92 Å². The van der Waals surface area contributed by atoms with Crippen molar-refractivity contribution in [3.63, 3.8) is 0 Å². The number of amides is 1. The number of likely N-dealkylation sites (tertiary alicyclic amines) is 1. The number of thioether (sulfide) groups is 1. The number of halogens is 1. The van der Waals surface area contributed by atoms with Crippen LogP contribution >= 0.6 is 28.7 Å². The van der Waals surface area contributed by atoms with Gasteiger partial charge in [-0.3, -0.25) is 4.99 Å². The first-order valence-corrected chi connectivity index (χ1v) is 6.80. The lowest BCUT2D eigenvalue weighted by atomic mass is 9.93. The van der Waals surface area contributed by atoms with Gasteiger partial charge in [-0.15, -0.1) is 17.0 Å². The molecule has 0 aromatic carbocycles. The number of hydrogen-bond donors (Lipinski definition) is 1. The molecule has 3 rings (SSSR count). The molecule has 0 aliphatic carbocycles. The maximum absolute atomic E-state index is 10.8. The molecule has 1 saturated heterocycles. The maximum Gasteiger partial charge on any atom is 0.407 e. The summed E-state index contributed by atoms with van der Waals surface area (Å²) >= 11 is 1.71. The number of rotatable bonds is 1. The van der Waals surface area contributed by atoms with Gasteiger partial charge in [0.15, 0.2) is 5.17 Å². The molecule has 3 heterocycles. The van der Waals surface area contributed by atoms with Crippen molar-refractivity contribution in [3.8, 4) is 0 Å². The first-order valence-electron chi connectivity index (χ1n) is 5.92. The standard InChI is InChI=1S/C11H15N3O2S.BrH/c15-11(16)13-4-1-8(2-5-13)9-7-17-10-12-3-6-14(9)10;/h7-8H,1-6H2,(H,15,16);1H. The molecule has 1 amide bonds. The second-order valence-electron chi connectivity index (χ2n) is 4.52. The van der Waals surface area contributed by atoms with Gasteiger partial charge in [0.05, 0.1) is 6.54 Å². The molecule has 7 heteroatoms. The zero-order chi connectivity index (χ0) is 11.8. The van der Waals surface area contributed by atoms with Crippen LogP contribution in [-0.4, -0.2) is 52.3 Å². The van der Waals surface area contributed by atoms with Gasteiger partial charge in [-0.05, 0) is 18.2 Å². The lowest BCUT2D eigenvalue weighted by Gasteiger charge is -2.33. The predicted molar refractivity (Wildman–Crippen MR) is 77.3 cm³/mol. The second-order valence-corrected chi connectivity index (χ2v) is 5.36. The fourth-order valence-electron chi connectivity index (χ4n) is 2.63. The van der Waals surface area contributed by atoms with Crippen molar-refractivity contribution < 1.29 is 9.90 Å². The Hall–Kier alpha value is -0.690. The highest BCUT2D eigenvalue weighted by Crippen LogP contribution is 2.37. The normalized spacial score (nSPS) is 23.3. The summed E-state index contributed by atoms with van der Waals surface area (Å²) in [5, 5.41) is 12.2. The number of hydrogen-bond acceptors (Lipinski definition) is 4. The van der Waals surface area contributed by atoms with Crippen LogP contribution in [-0.2, 0) is 0 Å². The van der Waals surface area contributed by atoms with Gasteiger partial charge < -0.3 is 14.9 Å². The summed E-state index contributed by atoms with van der Waals surface area (Å²) in [6.45, 7) is 3.20. The number of nitrogens with zero attached hydrogens (tertiary/aromatic N) is 3. The minimum Gasteiger partial charge on any atom is -0.465 e. The Morgan fingerprint density at radius 2 is 2.11 bits per heavy atom. The fourth-order valence-corrected chi connectivity index (χ4v) is 3.66. The van der Waals surface area contributed by atoms with Crippen molar-refractivity contribution in [1.29, 1.82) is 0 Å². The summed E-state index contributed by atoms with van der Waals surface area (Å²) < 4.78 is 0. The first-order chi connectivity index (χ1) is 8.25. The Labute approximate surface area is 121 Å². The van der Waals surface area contributed by atoms with E-state index in [9.17, 15) is 4.79 Å². The van der Waals surface area contributed by atoms with Gasteiger partial charge in [0.1, 0.15) is 0 Å². The molecule has 1 N–H and O–H groups in total. The maximum atomic E-state index is 10.8. The summed E-state index contributed by atoms with van der Waals surface area (Å²) in [6.07, 6.45) is 1.08. The molecular weight excluding hydrogens is 318 g/mol. The monoisotopic (exact) mass is 333 g/mol. The van der Waals surface area contributed by atoms with Crippen molar-refractivity contribution in [1.82, 2.24) is 9.80 Å². The molecule has 0 atom stereocenters. The Morgan fingerprint density at radius 3 is 2.78 bits per heavy atom. The van der Waals surface area contributed by atoms with Crippen molar-refractivity contribution in [3.05, 3.63) is 11.1 Å². The Morgan fingerprint density at radius 1 is 1.39 bits per heavy atom. The first kappa shape index (κ1) is 13.7. The predicted octanol–water partition coefficient (Wildman–Crippen LogP) is 2.21. The van der Waals surface area contributed by atoms with Crippen LogP contribution in [0.4, 0.5) is 4.79 Å². The van der Waals surface area contributed by atoms with E-state index in [2.05, 4.69) is 15.3 Å². The summed E-state index contributed by atoms with van der Waals surface area (Å²) in [5.41, 5.74) is 1.36. The zero-order valence-electron chi connectivity index (χ0n) is 9.91. The molecule has 0 unspecified atom stereocenters. The van der Waals surface area contributed by atoms with E-state index < -0.39 is 6.09 Å². The highest BCUT2D eigenvalue weighted by atomic mass is 79.9. The van der Waals surface area contributed by atoms with Crippen LogP contribution in [0.5, 0.6) is 0 Å². The van der Waals surface area contributed by atoms with Crippen LogP contribution in [0.1, 0.15) is 12.8 Å². The van der Waals surface area contributed by atoms with Crippen molar-refractivity contribution in [2.24, 2.45) is 10.9 Å². The average molecular weight is 334 g/mol. The summed E-state index contributed by atoms with van der Waals surface area (Å²) in [7, 11) is 0. The molecule has 0 bridgehead atoms. The third-order valence-electron chi connectivity index (χ3n) is 3.58. The topological polar surface area (TPSA) is 56.1 Å². The third kappa shape index (κ3) is 2.38. The molecule has 100 valence electrons. The molecular formula is C11H16BrN3O2S. The number of aliphatic imine (C=N–C) groups is 1. The van der Waals surface area contributed by atoms with Gasteiger partial charge in [-0.25, -0.2) is 4.79 Å². The average Bonchev–Trinajstić information content (AvgIpc) is 2.90. The van der Waals surface area contributed by atoms with E-state index in [1.54, 1.807) is 11.8 Å². The third-order valence-corrected chi connectivity index (χ3v) is 4.50. The molecule has 0 saturated carbocycles. The smallest absolute Gasteiger partial charge is 0.407 e. The summed E-state index contributed by atoms with van der Waals surface area (Å²) in [6, 6.07) is 0. The van der Waals surface area contributed by atoms with Gasteiger partial charge in [-0.2, -0.15) is 0 Å². The minimum atomic E-state index is -0.790. The van der Waals surface area contributed by atoms with Crippen molar-refractivity contribution in [2.45, 2.75) is 12.8 Å². The Balaban J connectivity index is 0.00000120. The second kappa shape index (κ2) is 5.52. The number of carboxylic acid groups (broad SMARTS) is 1. The number of amidine groups is 1. The van der Waals surface area contributed by atoms with E-state index in [-0.39, 0.29) is 17.0 Å². The lowest BCUT2D eigenvalue weighted by Crippen LogP contribution is -2.39. The molecule has 0 aromatic heterocycles. The molecule has 0 radical (unpaired) electrons. The van der Waals surface area contributed by atoms with Crippen molar-refractivity contribution >= 4 is 40.0 Å². The minimum absolute atomic E-state index is 0. The largest absolute Gasteiger partial charge is 0.465 e.